The molecule has 2 atom stereocenters. The summed E-state index contributed by atoms with van der Waals surface area (Å²) in [5.74, 6) is 0.0862. The molecule has 0 spiro atoms. The predicted octanol–water partition coefficient (Wildman–Crippen LogP) is 2.52. The van der Waals surface area contributed by atoms with Crippen LogP contribution in [0, 0.1) is 15.3 Å². The number of hydrogen-bond acceptors (Lipinski definition) is 14. The fourth-order valence-electron chi connectivity index (χ4n) is 7.13. The van der Waals surface area contributed by atoms with Gasteiger partial charge in [-0.3, -0.25) is 9.59 Å². The van der Waals surface area contributed by atoms with Crippen molar-refractivity contribution in [3.05, 3.63) is 101 Å². The van der Waals surface area contributed by atoms with Crippen molar-refractivity contribution in [2.24, 2.45) is 0 Å². The molecule has 0 unspecified atom stereocenters. The average Bonchev–Trinajstić information content (AvgIpc) is 4.08. The Kier molecular flexibility index (Phi) is 16.1. The normalized spacial score (nSPS) is 16.3. The van der Waals surface area contributed by atoms with Crippen LogP contribution in [-0.2, 0) is 9.59 Å². The summed E-state index contributed by atoms with van der Waals surface area (Å²) in [6.07, 6.45) is 11.5. The van der Waals surface area contributed by atoms with Crippen molar-refractivity contribution < 1.29 is 28.4 Å². The standard InChI is InChI=1S/C21H24FN7O.C15H20IN7O.C6H6BFO2/c1-27(2)10-3-4-17(30)28-11-9-16(12-28)29-21-18(20(23)24-13-25-21)19(26-29)14-5-7-15(22)8-6-14;1-21(2)6-3-4-11(24)22-7-5-10(8-22)23-15-12(13(16)20-23)14(17)18-9-19-15;8-6-3-1-5(2-4-6)7(9)10/h3-8,13,16H,9-12H2,1-2H3,(H2,23,24,25);3-4,9-10H,5-8H2,1-2H3,(H2,17,18,19);1-4,9-10H/b2*4-3+;/t16-;10-;/m11./s1. The number of nitrogen functional groups attached to an aromatic ring is 2. The van der Waals surface area contributed by atoms with Gasteiger partial charge in [-0.15, -0.1) is 0 Å². The van der Waals surface area contributed by atoms with Gasteiger partial charge in [0.05, 0.1) is 22.9 Å². The van der Waals surface area contributed by atoms with Gasteiger partial charge in [0, 0.05) is 57.0 Å². The topological polar surface area (TPSA) is 227 Å². The van der Waals surface area contributed by atoms with Crippen LogP contribution in [0.4, 0.5) is 20.4 Å². The second-order valence-electron chi connectivity index (χ2n) is 15.7. The lowest BCUT2D eigenvalue weighted by Crippen LogP contribution is -2.29. The van der Waals surface area contributed by atoms with E-state index in [1.807, 2.05) is 69.3 Å². The van der Waals surface area contributed by atoms with Crippen LogP contribution in [-0.4, -0.2) is 156 Å². The minimum atomic E-state index is -1.51. The third-order valence-electron chi connectivity index (χ3n) is 10.4. The summed E-state index contributed by atoms with van der Waals surface area (Å²) < 4.78 is 30.1. The van der Waals surface area contributed by atoms with E-state index >= 15 is 0 Å². The van der Waals surface area contributed by atoms with Crippen LogP contribution < -0.4 is 16.9 Å². The maximum absolute atomic E-state index is 13.4. The average molecular weight is 991 g/mol. The quantitative estimate of drug-likeness (QED) is 0.0880. The number of hydrogen-bond donors (Lipinski definition) is 4. The van der Waals surface area contributed by atoms with E-state index in [2.05, 4.69) is 47.6 Å². The second-order valence-corrected chi connectivity index (χ2v) is 16.7. The molecule has 6 N–H and O–H groups in total. The van der Waals surface area contributed by atoms with Gasteiger partial charge in [-0.1, -0.05) is 24.3 Å². The lowest BCUT2D eigenvalue weighted by atomic mass is 9.80. The van der Waals surface area contributed by atoms with Crippen molar-refractivity contribution in [1.82, 2.24) is 59.1 Å². The van der Waals surface area contributed by atoms with Gasteiger partial charge in [-0.05, 0) is 105 Å². The van der Waals surface area contributed by atoms with E-state index in [4.69, 9.17) is 26.6 Å². The Labute approximate surface area is 382 Å². The Hall–Kier alpha value is -5.95. The van der Waals surface area contributed by atoms with Gasteiger partial charge in [0.15, 0.2) is 11.3 Å². The van der Waals surface area contributed by atoms with Crippen LogP contribution in [0.15, 0.2) is 85.5 Å². The van der Waals surface area contributed by atoms with E-state index in [0.29, 0.717) is 66.5 Å². The van der Waals surface area contributed by atoms with E-state index < -0.39 is 7.12 Å². The lowest BCUT2D eigenvalue weighted by molar-refractivity contribution is -0.125. The third kappa shape index (κ3) is 11.8. The number of nitrogens with zero attached hydrogens (tertiary/aromatic N) is 12. The van der Waals surface area contributed by atoms with Crippen LogP contribution in [0.5, 0.6) is 0 Å². The van der Waals surface area contributed by atoms with Crippen molar-refractivity contribution in [3.63, 3.8) is 0 Å². The number of anilines is 2. The molecule has 4 aromatic heterocycles. The Bertz CT molecular complexity index is 2610. The first-order chi connectivity index (χ1) is 30.6. The minimum absolute atomic E-state index is 0.0105. The van der Waals surface area contributed by atoms with Gasteiger partial charge in [0.1, 0.15) is 45.3 Å². The van der Waals surface area contributed by atoms with E-state index in [9.17, 15) is 18.4 Å². The molecule has 6 aromatic rings. The third-order valence-corrected chi connectivity index (χ3v) is 11.1. The molecule has 22 heteroatoms. The number of carbonyl (C=O) groups is 2. The first-order valence-electron chi connectivity index (χ1n) is 20.3. The van der Waals surface area contributed by atoms with E-state index in [1.54, 1.807) is 24.3 Å². The highest BCUT2D eigenvalue weighted by molar-refractivity contribution is 14.1. The number of amides is 2. The Morgan fingerprint density at radius 1 is 0.734 bits per heavy atom. The molecule has 6 heterocycles. The summed E-state index contributed by atoms with van der Waals surface area (Å²) in [6.45, 7) is 3.99. The van der Waals surface area contributed by atoms with Gasteiger partial charge in [-0.2, -0.15) is 10.2 Å². The zero-order valence-corrected chi connectivity index (χ0v) is 38.0. The summed E-state index contributed by atoms with van der Waals surface area (Å²) >= 11 is 2.15. The van der Waals surface area contributed by atoms with Gasteiger partial charge >= 0.3 is 7.12 Å². The number of rotatable bonds is 10. The molecule has 0 aliphatic carbocycles. The summed E-state index contributed by atoms with van der Waals surface area (Å²) in [6, 6.07) is 11.2. The monoisotopic (exact) mass is 990 g/mol. The van der Waals surface area contributed by atoms with Crippen molar-refractivity contribution in [2.45, 2.75) is 24.9 Å². The van der Waals surface area contributed by atoms with Gasteiger partial charge in [-0.25, -0.2) is 38.1 Å². The number of nitrogens with two attached hydrogens (primary N) is 2. The van der Waals surface area contributed by atoms with E-state index in [1.165, 1.54) is 49.1 Å². The van der Waals surface area contributed by atoms with E-state index in [0.717, 1.165) is 39.7 Å². The predicted molar refractivity (Wildman–Crippen MR) is 250 cm³/mol. The molecule has 18 nitrogen and oxygen atoms in total. The number of aromatic nitrogens is 8. The summed E-state index contributed by atoms with van der Waals surface area (Å²) in [5, 5.41) is 27.9. The molecule has 64 heavy (non-hydrogen) atoms. The van der Waals surface area contributed by atoms with Gasteiger partial charge in [0.2, 0.25) is 11.8 Å². The highest BCUT2D eigenvalue weighted by atomic mass is 127. The largest absolute Gasteiger partial charge is 0.488 e. The molecule has 2 amide bonds. The van der Waals surface area contributed by atoms with Gasteiger partial charge in [0.25, 0.3) is 0 Å². The molecule has 2 saturated heterocycles. The molecule has 0 saturated carbocycles. The number of carbonyl (C=O) groups excluding carboxylic acids is 2. The number of halogens is 3. The molecule has 8 rings (SSSR count). The second kappa shape index (κ2) is 21.6. The van der Waals surface area contributed by atoms with Crippen LogP contribution in [0.1, 0.15) is 24.9 Å². The van der Waals surface area contributed by atoms with Crippen LogP contribution >= 0.6 is 22.6 Å². The molecular weight excluding hydrogens is 940 g/mol. The zero-order valence-electron chi connectivity index (χ0n) is 35.8. The molecule has 0 radical (unpaired) electrons. The smallest absolute Gasteiger partial charge is 0.423 e. The molecule has 2 fully saturated rings. The number of likely N-dealkylation sites (N-methyl/N-ethyl adjacent to an activating group) is 2. The van der Waals surface area contributed by atoms with E-state index in [-0.39, 0.29) is 35.5 Å². The summed E-state index contributed by atoms with van der Waals surface area (Å²) in [5.41, 5.74) is 15.1. The van der Waals surface area contributed by atoms with Crippen molar-refractivity contribution in [3.8, 4) is 11.3 Å². The maximum Gasteiger partial charge on any atom is 0.488 e. The highest BCUT2D eigenvalue weighted by Crippen LogP contribution is 2.34. The van der Waals surface area contributed by atoms with Gasteiger partial charge < -0.3 is 41.1 Å². The zero-order chi connectivity index (χ0) is 46.1. The lowest BCUT2D eigenvalue weighted by Gasteiger charge is -2.15. The fraction of sp³-hybridized carbons (Fsp3) is 0.333. The fourth-order valence-corrected chi connectivity index (χ4v) is 7.88. The minimum Gasteiger partial charge on any atom is -0.423 e. The molecule has 2 aromatic carbocycles. The SMILES string of the molecule is CN(C)C/C=C/C(=O)N1CC[C@@H](n2nc(-c3ccc(F)cc3)c3c(N)ncnc32)C1.CN(C)C/C=C/C(=O)N1CC[C@@H](n2nc(I)c3c(N)ncnc32)C1.OB(O)c1ccc(F)cc1. The highest BCUT2D eigenvalue weighted by Gasteiger charge is 2.31. The molecule has 336 valence electrons. The molecule has 2 aliphatic heterocycles. The summed E-state index contributed by atoms with van der Waals surface area (Å²) in [4.78, 5) is 49.3. The van der Waals surface area contributed by atoms with Crippen molar-refractivity contribution >= 4 is 80.7 Å². The maximum atomic E-state index is 13.4. The van der Waals surface area contributed by atoms with Crippen LogP contribution in [0.2, 0.25) is 0 Å². The Balaban J connectivity index is 0.000000178. The summed E-state index contributed by atoms with van der Waals surface area (Å²) in [7, 11) is 6.34. The van der Waals surface area contributed by atoms with Crippen LogP contribution in [0.25, 0.3) is 33.3 Å². The molecular formula is C42H50BF2IN14O4. The first-order valence-corrected chi connectivity index (χ1v) is 21.4. The number of benzene rings is 2. The molecule has 0 bridgehead atoms. The number of fused-ring (bicyclic) bond motifs is 2. The first kappa shape index (κ1) is 47.5. The van der Waals surface area contributed by atoms with Crippen molar-refractivity contribution in [1.29, 1.82) is 0 Å². The Morgan fingerprint density at radius 2 is 1.19 bits per heavy atom. The molecule has 2 aliphatic rings. The Morgan fingerprint density at radius 3 is 1.67 bits per heavy atom. The van der Waals surface area contributed by atoms with Crippen molar-refractivity contribution in [2.75, 3.05) is 78.9 Å². The van der Waals surface area contributed by atoms with Crippen LogP contribution in [0.3, 0.4) is 0 Å². The number of likely N-dealkylation sites (tertiary alicyclic amines) is 2.